The van der Waals surface area contributed by atoms with Gasteiger partial charge in [0.05, 0.1) is 23.3 Å². The van der Waals surface area contributed by atoms with E-state index >= 15 is 0 Å². The number of anilines is 1. The highest BCUT2D eigenvalue weighted by Gasteiger charge is 2.32. The van der Waals surface area contributed by atoms with E-state index in [9.17, 15) is 13.2 Å². The van der Waals surface area contributed by atoms with E-state index in [2.05, 4.69) is 5.32 Å². The number of fused-ring (bicyclic) bond motifs is 1. The lowest BCUT2D eigenvalue weighted by Crippen LogP contribution is -2.34. The van der Waals surface area contributed by atoms with E-state index in [0.29, 0.717) is 24.2 Å². The Morgan fingerprint density at radius 3 is 2.40 bits per heavy atom. The first kappa shape index (κ1) is 22.9. The summed E-state index contributed by atoms with van der Waals surface area (Å²) in [5, 5.41) is 7.80. The molecule has 1 aliphatic rings. The molecular weight excluding hydrogens is 460 g/mol. The van der Waals surface area contributed by atoms with Gasteiger partial charge in [-0.1, -0.05) is 48.5 Å². The van der Waals surface area contributed by atoms with Gasteiger partial charge in [0.25, 0.3) is 5.91 Å². The maximum absolute atomic E-state index is 13.0. The van der Waals surface area contributed by atoms with Gasteiger partial charge in [-0.3, -0.25) is 9.10 Å². The molecule has 7 nitrogen and oxygen atoms in total. The first-order chi connectivity index (χ1) is 16.8. The summed E-state index contributed by atoms with van der Waals surface area (Å²) in [4.78, 5) is 13.0. The molecule has 1 N–H and O–H groups in total. The highest BCUT2D eigenvalue weighted by atomic mass is 32.2. The Morgan fingerprint density at radius 1 is 1.03 bits per heavy atom. The molecule has 0 spiro atoms. The Labute approximate surface area is 205 Å². The molecular formula is C27H26N4O3S. The fourth-order valence-electron chi connectivity index (χ4n) is 4.62. The second kappa shape index (κ2) is 9.03. The van der Waals surface area contributed by atoms with Crippen LogP contribution in [0.1, 0.15) is 28.4 Å². The van der Waals surface area contributed by atoms with E-state index in [4.69, 9.17) is 5.10 Å². The Hall–Kier alpha value is -3.91. The molecule has 178 valence electrons. The van der Waals surface area contributed by atoms with Gasteiger partial charge in [0.15, 0.2) is 0 Å². The smallest absolute Gasteiger partial charge is 0.251 e. The van der Waals surface area contributed by atoms with Crippen LogP contribution in [0.15, 0.2) is 85.1 Å². The number of sulfonamides is 1. The zero-order valence-corrected chi connectivity index (χ0v) is 20.4. The van der Waals surface area contributed by atoms with Crippen molar-refractivity contribution in [1.29, 1.82) is 0 Å². The summed E-state index contributed by atoms with van der Waals surface area (Å²) in [5.74, 6) is -0.218. The van der Waals surface area contributed by atoms with E-state index in [1.165, 1.54) is 10.6 Å². The van der Waals surface area contributed by atoms with Crippen molar-refractivity contribution in [3.63, 3.8) is 0 Å². The van der Waals surface area contributed by atoms with Crippen LogP contribution in [0.3, 0.4) is 0 Å². The van der Waals surface area contributed by atoms with Crippen LogP contribution < -0.4 is 9.62 Å². The monoisotopic (exact) mass is 486 g/mol. The molecule has 1 unspecified atom stereocenters. The number of nitrogens with one attached hydrogen (secondary N) is 1. The van der Waals surface area contributed by atoms with Gasteiger partial charge >= 0.3 is 0 Å². The first-order valence-electron chi connectivity index (χ1n) is 11.4. The molecule has 4 aromatic rings. The maximum atomic E-state index is 13.0. The summed E-state index contributed by atoms with van der Waals surface area (Å²) >= 11 is 0. The molecule has 3 aromatic carbocycles. The SMILES string of the molecule is CC1Cc2cc(C(=O)NCc3cn(-c4ccccc4)nc3-c3ccccc3)ccc2N1S(C)(=O)=O. The van der Waals surface area contributed by atoms with Crippen LogP contribution in [0.2, 0.25) is 0 Å². The van der Waals surface area contributed by atoms with Crippen molar-refractivity contribution < 1.29 is 13.2 Å². The minimum Gasteiger partial charge on any atom is -0.348 e. The number of amides is 1. The van der Waals surface area contributed by atoms with Crippen molar-refractivity contribution in [2.45, 2.75) is 25.9 Å². The fourth-order valence-corrected chi connectivity index (χ4v) is 5.88. The van der Waals surface area contributed by atoms with Crippen LogP contribution in [0.5, 0.6) is 0 Å². The molecule has 0 fully saturated rings. The lowest BCUT2D eigenvalue weighted by Gasteiger charge is -2.21. The molecule has 1 aliphatic heterocycles. The van der Waals surface area contributed by atoms with Crippen LogP contribution in [0.4, 0.5) is 5.69 Å². The number of carbonyl (C=O) groups excluding carboxylic acids is 1. The number of hydrogen-bond acceptors (Lipinski definition) is 4. The van der Waals surface area contributed by atoms with Gasteiger partial charge in [0.1, 0.15) is 0 Å². The number of nitrogens with zero attached hydrogens (tertiary/aromatic N) is 3. The molecule has 1 amide bonds. The largest absolute Gasteiger partial charge is 0.348 e. The number of rotatable bonds is 6. The van der Waals surface area contributed by atoms with Crippen LogP contribution >= 0.6 is 0 Å². The van der Waals surface area contributed by atoms with Crippen LogP contribution in [0, 0.1) is 0 Å². The fraction of sp³-hybridized carbons (Fsp3) is 0.185. The molecule has 1 aromatic heterocycles. The van der Waals surface area contributed by atoms with Crippen LogP contribution in [-0.4, -0.2) is 36.4 Å². The zero-order valence-electron chi connectivity index (χ0n) is 19.5. The predicted molar refractivity (Wildman–Crippen MR) is 137 cm³/mol. The summed E-state index contributed by atoms with van der Waals surface area (Å²) in [6, 6.07) is 24.7. The topological polar surface area (TPSA) is 84.3 Å². The van der Waals surface area contributed by atoms with Crippen LogP contribution in [0.25, 0.3) is 16.9 Å². The van der Waals surface area contributed by atoms with Crippen molar-refractivity contribution in [3.05, 3.63) is 102 Å². The molecule has 0 bridgehead atoms. The number of para-hydroxylation sites is 1. The van der Waals surface area contributed by atoms with Crippen molar-refractivity contribution in [2.24, 2.45) is 0 Å². The normalized spacial score (nSPS) is 15.1. The third kappa shape index (κ3) is 4.57. The molecule has 0 radical (unpaired) electrons. The summed E-state index contributed by atoms with van der Waals surface area (Å²) in [7, 11) is -3.37. The van der Waals surface area contributed by atoms with Crippen molar-refractivity contribution >= 4 is 21.6 Å². The van der Waals surface area contributed by atoms with Crippen molar-refractivity contribution in [2.75, 3.05) is 10.6 Å². The summed E-state index contributed by atoms with van der Waals surface area (Å²) < 4.78 is 27.6. The molecule has 8 heteroatoms. The predicted octanol–water partition coefficient (Wildman–Crippen LogP) is 4.18. The molecule has 1 atom stereocenters. The number of aromatic nitrogens is 2. The van der Waals surface area contributed by atoms with Gasteiger partial charge in [0, 0.05) is 35.5 Å². The lowest BCUT2D eigenvalue weighted by molar-refractivity contribution is 0.0951. The quantitative estimate of drug-likeness (QED) is 0.443. The lowest BCUT2D eigenvalue weighted by atomic mass is 10.1. The van der Waals surface area contributed by atoms with Gasteiger partial charge in [-0.2, -0.15) is 5.10 Å². The van der Waals surface area contributed by atoms with E-state index in [-0.39, 0.29) is 11.9 Å². The molecule has 35 heavy (non-hydrogen) atoms. The van der Waals surface area contributed by atoms with Crippen molar-refractivity contribution in [3.8, 4) is 16.9 Å². The zero-order chi connectivity index (χ0) is 24.6. The Balaban J connectivity index is 1.40. The van der Waals surface area contributed by atoms with Gasteiger partial charge in [0.2, 0.25) is 10.0 Å². The molecule has 2 heterocycles. The maximum Gasteiger partial charge on any atom is 0.251 e. The summed E-state index contributed by atoms with van der Waals surface area (Å²) in [5.41, 5.74) is 5.62. The van der Waals surface area contributed by atoms with E-state index in [1.807, 2.05) is 78.5 Å². The number of hydrogen-bond donors (Lipinski definition) is 1. The molecule has 0 aliphatic carbocycles. The standard InChI is InChI=1S/C27H26N4O3S/c1-19-15-22-16-21(13-14-25(22)31(19)35(2,33)34)27(32)28-17-23-18-30(24-11-7-4-8-12-24)29-26(23)20-9-5-3-6-10-20/h3-14,16,18-19H,15,17H2,1-2H3,(H,28,32). The third-order valence-corrected chi connectivity index (χ3v) is 7.42. The summed E-state index contributed by atoms with van der Waals surface area (Å²) in [6.07, 6.45) is 3.72. The number of benzene rings is 3. The van der Waals surface area contributed by atoms with Gasteiger partial charge in [-0.25, -0.2) is 13.1 Å². The highest BCUT2D eigenvalue weighted by Crippen LogP contribution is 2.34. The van der Waals surface area contributed by atoms with Gasteiger partial charge < -0.3 is 5.32 Å². The molecule has 0 saturated carbocycles. The average Bonchev–Trinajstić information content (AvgIpc) is 3.43. The molecule has 0 saturated heterocycles. The third-order valence-electron chi connectivity index (χ3n) is 6.15. The van der Waals surface area contributed by atoms with Gasteiger partial charge in [-0.05, 0) is 49.2 Å². The van der Waals surface area contributed by atoms with Gasteiger partial charge in [-0.15, -0.1) is 0 Å². The van der Waals surface area contributed by atoms with E-state index in [1.54, 1.807) is 18.2 Å². The minimum atomic E-state index is -3.37. The summed E-state index contributed by atoms with van der Waals surface area (Å²) in [6.45, 7) is 2.18. The highest BCUT2D eigenvalue weighted by molar-refractivity contribution is 7.92. The second-order valence-corrected chi connectivity index (χ2v) is 10.6. The minimum absolute atomic E-state index is 0.171. The Kier molecular flexibility index (Phi) is 5.90. The van der Waals surface area contributed by atoms with E-state index in [0.717, 1.165) is 28.1 Å². The average molecular weight is 487 g/mol. The first-order valence-corrected chi connectivity index (χ1v) is 13.3. The Morgan fingerprint density at radius 2 is 1.71 bits per heavy atom. The Bertz CT molecular complexity index is 1480. The van der Waals surface area contributed by atoms with Crippen LogP contribution in [-0.2, 0) is 23.0 Å². The number of carbonyl (C=O) groups is 1. The van der Waals surface area contributed by atoms with E-state index < -0.39 is 10.0 Å². The molecule has 5 rings (SSSR count). The van der Waals surface area contributed by atoms with Crippen molar-refractivity contribution in [1.82, 2.24) is 15.1 Å². The second-order valence-electron chi connectivity index (χ2n) is 8.79.